The van der Waals surface area contributed by atoms with Gasteiger partial charge in [-0.2, -0.15) is 0 Å². The molecule has 7 heteroatoms. The molecule has 1 aliphatic heterocycles. The van der Waals surface area contributed by atoms with Crippen LogP contribution in [0.25, 0.3) is 0 Å². The van der Waals surface area contributed by atoms with Crippen molar-refractivity contribution >= 4 is 11.9 Å². The predicted octanol–water partition coefficient (Wildman–Crippen LogP) is 2.44. The fourth-order valence-electron chi connectivity index (χ4n) is 3.00. The van der Waals surface area contributed by atoms with Crippen molar-refractivity contribution in [1.82, 2.24) is 4.90 Å². The van der Waals surface area contributed by atoms with Crippen molar-refractivity contribution < 1.29 is 28.9 Å². The van der Waals surface area contributed by atoms with Crippen LogP contribution in [0.1, 0.15) is 37.6 Å². The third kappa shape index (κ3) is 5.36. The first-order valence-corrected chi connectivity index (χ1v) is 8.92. The number of ether oxygens (including phenoxy) is 3. The van der Waals surface area contributed by atoms with Gasteiger partial charge in [-0.15, -0.1) is 0 Å². The maximum atomic E-state index is 13.0. The topological polar surface area (TPSA) is 85.3 Å². The Bertz CT molecular complexity index is 630. The molecule has 1 atom stereocenters. The Hall–Kier alpha value is -2.28. The van der Waals surface area contributed by atoms with E-state index in [1.165, 1.54) is 0 Å². The van der Waals surface area contributed by atoms with Gasteiger partial charge in [0.25, 0.3) is 5.91 Å². The molecule has 1 aromatic carbocycles. The molecule has 0 bridgehead atoms. The van der Waals surface area contributed by atoms with Crippen molar-refractivity contribution in [3.63, 3.8) is 0 Å². The quantitative estimate of drug-likeness (QED) is 0.762. The predicted molar refractivity (Wildman–Crippen MR) is 95.8 cm³/mol. The van der Waals surface area contributed by atoms with Gasteiger partial charge in [0.05, 0.1) is 25.9 Å². The van der Waals surface area contributed by atoms with Crippen molar-refractivity contribution in [2.75, 3.05) is 33.0 Å². The smallest absolute Gasteiger partial charge is 0.341 e. The molecule has 1 amide bonds. The van der Waals surface area contributed by atoms with Crippen LogP contribution in [-0.2, 0) is 9.53 Å². The van der Waals surface area contributed by atoms with E-state index < -0.39 is 12.6 Å². The second-order valence-corrected chi connectivity index (χ2v) is 6.63. The summed E-state index contributed by atoms with van der Waals surface area (Å²) in [5.41, 5.74) is 0.492. The molecule has 0 radical (unpaired) electrons. The van der Waals surface area contributed by atoms with Gasteiger partial charge in [0.15, 0.2) is 18.1 Å². The van der Waals surface area contributed by atoms with Crippen molar-refractivity contribution in [2.24, 2.45) is 5.92 Å². The largest absolute Gasteiger partial charge is 0.490 e. The molecule has 1 N–H and O–H groups in total. The van der Waals surface area contributed by atoms with E-state index in [1.807, 2.05) is 11.8 Å². The fraction of sp³-hybridized carbons (Fsp3) is 0.579. The zero-order chi connectivity index (χ0) is 19.1. The van der Waals surface area contributed by atoms with E-state index in [4.69, 9.17) is 19.3 Å². The molecule has 144 valence electrons. The lowest BCUT2D eigenvalue weighted by molar-refractivity contribution is -0.139. The van der Waals surface area contributed by atoms with Crippen molar-refractivity contribution in [2.45, 2.75) is 33.2 Å². The van der Waals surface area contributed by atoms with Crippen LogP contribution in [-0.4, -0.2) is 60.9 Å². The van der Waals surface area contributed by atoms with E-state index in [2.05, 4.69) is 13.8 Å². The van der Waals surface area contributed by atoms with Crippen molar-refractivity contribution in [3.05, 3.63) is 23.8 Å². The maximum Gasteiger partial charge on any atom is 0.341 e. The van der Waals surface area contributed by atoms with E-state index >= 15 is 0 Å². The van der Waals surface area contributed by atoms with E-state index in [-0.39, 0.29) is 11.9 Å². The van der Waals surface area contributed by atoms with Gasteiger partial charge in [0, 0.05) is 12.1 Å². The minimum Gasteiger partial charge on any atom is -0.490 e. The lowest BCUT2D eigenvalue weighted by atomic mass is 10.0. The van der Waals surface area contributed by atoms with Crippen LogP contribution in [0.2, 0.25) is 0 Å². The molecule has 0 aromatic heterocycles. The zero-order valence-corrected chi connectivity index (χ0v) is 15.6. The number of rotatable bonds is 8. The van der Waals surface area contributed by atoms with E-state index in [1.54, 1.807) is 18.2 Å². The number of morpholine rings is 1. The minimum absolute atomic E-state index is 0.0507. The van der Waals surface area contributed by atoms with Crippen LogP contribution in [0.5, 0.6) is 11.5 Å². The van der Waals surface area contributed by atoms with E-state index in [9.17, 15) is 9.59 Å². The number of aliphatic carboxylic acids is 1. The average molecular weight is 365 g/mol. The number of carbonyl (C=O) groups excluding carboxylic acids is 1. The van der Waals surface area contributed by atoms with Crippen LogP contribution in [0.4, 0.5) is 0 Å². The number of amides is 1. The number of carboxylic acids is 1. The lowest BCUT2D eigenvalue weighted by Crippen LogP contribution is -2.49. The fourth-order valence-corrected chi connectivity index (χ4v) is 3.00. The van der Waals surface area contributed by atoms with Gasteiger partial charge in [-0.1, -0.05) is 13.8 Å². The molecule has 26 heavy (non-hydrogen) atoms. The number of carboxylic acid groups (broad SMARTS) is 1. The molecule has 0 saturated carbocycles. The molecule has 1 saturated heterocycles. The van der Waals surface area contributed by atoms with Gasteiger partial charge in [-0.25, -0.2) is 4.79 Å². The zero-order valence-electron chi connectivity index (χ0n) is 15.6. The minimum atomic E-state index is -1.07. The Kier molecular flexibility index (Phi) is 7.26. The summed E-state index contributed by atoms with van der Waals surface area (Å²) in [7, 11) is 0. The molecule has 7 nitrogen and oxygen atoms in total. The van der Waals surface area contributed by atoms with Crippen molar-refractivity contribution in [3.8, 4) is 11.5 Å². The Balaban J connectivity index is 2.21. The summed E-state index contributed by atoms with van der Waals surface area (Å²) in [4.78, 5) is 25.6. The summed E-state index contributed by atoms with van der Waals surface area (Å²) >= 11 is 0. The van der Waals surface area contributed by atoms with Gasteiger partial charge >= 0.3 is 5.97 Å². The van der Waals surface area contributed by atoms with Crippen LogP contribution in [0, 0.1) is 5.92 Å². The summed E-state index contributed by atoms with van der Waals surface area (Å²) in [6.45, 7) is 7.61. The third-order valence-corrected chi connectivity index (χ3v) is 4.07. The van der Waals surface area contributed by atoms with Crippen LogP contribution < -0.4 is 9.47 Å². The molecular formula is C19H27NO6. The molecule has 0 aliphatic carbocycles. The first-order valence-electron chi connectivity index (χ1n) is 8.92. The summed E-state index contributed by atoms with van der Waals surface area (Å²) in [6, 6.07) is 4.89. The molecular weight excluding hydrogens is 338 g/mol. The summed E-state index contributed by atoms with van der Waals surface area (Å²) in [6.07, 6.45) is 0.879. The molecule has 1 heterocycles. The number of nitrogens with zero attached hydrogens (tertiary/aromatic N) is 1. The van der Waals surface area contributed by atoms with Crippen LogP contribution >= 0.6 is 0 Å². The number of benzene rings is 1. The highest BCUT2D eigenvalue weighted by Gasteiger charge is 2.29. The molecule has 2 rings (SSSR count). The highest BCUT2D eigenvalue weighted by molar-refractivity contribution is 5.95. The van der Waals surface area contributed by atoms with Crippen LogP contribution in [0.15, 0.2) is 18.2 Å². The van der Waals surface area contributed by atoms with E-state index in [0.29, 0.717) is 49.3 Å². The standard InChI is InChI=1S/C19H27NO6/c1-4-25-17-10-14(5-6-16(17)26-12-18(21)22)19(23)20-7-8-24-11-15(20)9-13(2)3/h5-6,10,13,15H,4,7-9,11-12H2,1-3H3,(H,21,22)/t15-/m1/s1. The molecule has 0 spiro atoms. The maximum absolute atomic E-state index is 13.0. The second kappa shape index (κ2) is 9.43. The van der Waals surface area contributed by atoms with Crippen LogP contribution in [0.3, 0.4) is 0 Å². The Morgan fingerprint density at radius 3 is 2.73 bits per heavy atom. The SMILES string of the molecule is CCOc1cc(C(=O)N2CCOC[C@H]2CC(C)C)ccc1OCC(=O)O. The summed E-state index contributed by atoms with van der Waals surface area (Å²) in [5.74, 6) is -0.00955. The van der Waals surface area contributed by atoms with E-state index in [0.717, 1.165) is 6.42 Å². The number of hydrogen-bond acceptors (Lipinski definition) is 5. The van der Waals surface area contributed by atoms with Crippen molar-refractivity contribution in [1.29, 1.82) is 0 Å². The molecule has 1 aliphatic rings. The van der Waals surface area contributed by atoms with Gasteiger partial charge in [0.2, 0.25) is 0 Å². The van der Waals surface area contributed by atoms with Gasteiger partial charge < -0.3 is 24.2 Å². The first kappa shape index (κ1) is 20.0. The molecule has 0 unspecified atom stereocenters. The summed E-state index contributed by atoms with van der Waals surface area (Å²) < 4.78 is 16.3. The lowest BCUT2D eigenvalue weighted by Gasteiger charge is -2.36. The highest BCUT2D eigenvalue weighted by atomic mass is 16.5. The monoisotopic (exact) mass is 365 g/mol. The normalized spacial score (nSPS) is 17.2. The molecule has 1 aromatic rings. The van der Waals surface area contributed by atoms with Gasteiger partial charge in [0.1, 0.15) is 0 Å². The summed E-state index contributed by atoms with van der Waals surface area (Å²) in [5, 5.41) is 8.77. The Labute approximate surface area is 153 Å². The Morgan fingerprint density at radius 1 is 1.31 bits per heavy atom. The van der Waals surface area contributed by atoms with Gasteiger partial charge in [-0.05, 0) is 37.5 Å². The molecule has 1 fully saturated rings. The highest BCUT2D eigenvalue weighted by Crippen LogP contribution is 2.30. The third-order valence-electron chi connectivity index (χ3n) is 4.07. The number of hydrogen-bond donors (Lipinski definition) is 1. The average Bonchev–Trinajstić information content (AvgIpc) is 2.60. The second-order valence-electron chi connectivity index (χ2n) is 6.63. The Morgan fingerprint density at radius 2 is 2.08 bits per heavy atom. The number of carbonyl (C=O) groups is 2. The first-order chi connectivity index (χ1) is 12.4. The van der Waals surface area contributed by atoms with Gasteiger partial charge in [-0.3, -0.25) is 4.79 Å².